The van der Waals surface area contributed by atoms with E-state index < -0.39 is 0 Å². The van der Waals surface area contributed by atoms with Crippen LogP contribution >= 0.6 is 0 Å². The van der Waals surface area contributed by atoms with Crippen molar-refractivity contribution in [1.82, 2.24) is 15.1 Å². The lowest BCUT2D eigenvalue weighted by atomic mass is 10.1. The predicted molar refractivity (Wildman–Crippen MR) is 126 cm³/mol. The van der Waals surface area contributed by atoms with Crippen LogP contribution in [0.2, 0.25) is 0 Å². The standard InChI is InChI=1S/C25H28N4O4/c1-3-4-13-26-25(32)29-22(16-5-6-16)15-21(28-29)20-12-9-18(14-23(20)30)27-24(31)17-7-10-19(33-2)11-8-17/h7-12,14-16,30H,3-6,13H2,1-2H3,(H,26,32)(H,27,31). The number of nitrogens with zero attached hydrogens (tertiary/aromatic N) is 2. The molecule has 8 nitrogen and oxygen atoms in total. The molecule has 0 unspecified atom stereocenters. The second-order valence-electron chi connectivity index (χ2n) is 8.14. The molecule has 3 N–H and O–H groups in total. The van der Waals surface area contributed by atoms with Gasteiger partial charge in [0.1, 0.15) is 11.5 Å². The molecule has 8 heteroatoms. The van der Waals surface area contributed by atoms with Crippen molar-refractivity contribution >= 4 is 17.6 Å². The smallest absolute Gasteiger partial charge is 0.342 e. The Labute approximate surface area is 192 Å². The quantitative estimate of drug-likeness (QED) is 0.431. The molecular weight excluding hydrogens is 420 g/mol. The first-order valence-corrected chi connectivity index (χ1v) is 11.2. The maximum absolute atomic E-state index is 12.6. The van der Waals surface area contributed by atoms with E-state index in [0.717, 1.165) is 31.4 Å². The Morgan fingerprint density at radius 3 is 2.55 bits per heavy atom. The number of rotatable bonds is 8. The van der Waals surface area contributed by atoms with Gasteiger partial charge in [0.2, 0.25) is 0 Å². The molecular formula is C25H28N4O4. The van der Waals surface area contributed by atoms with Gasteiger partial charge in [-0.2, -0.15) is 9.78 Å². The van der Waals surface area contributed by atoms with Crippen LogP contribution in [0.1, 0.15) is 54.6 Å². The number of carbonyl (C=O) groups excluding carboxylic acids is 2. The number of methoxy groups -OCH3 is 1. The average molecular weight is 449 g/mol. The number of aromatic hydroxyl groups is 1. The zero-order chi connectivity index (χ0) is 23.4. The van der Waals surface area contributed by atoms with Gasteiger partial charge in [0.25, 0.3) is 5.91 Å². The van der Waals surface area contributed by atoms with Crippen LogP contribution in [0, 0.1) is 0 Å². The number of hydrogen-bond donors (Lipinski definition) is 3. The third kappa shape index (κ3) is 5.16. The first-order valence-electron chi connectivity index (χ1n) is 11.2. The Balaban J connectivity index is 1.52. The molecule has 1 aliphatic rings. The van der Waals surface area contributed by atoms with E-state index in [-0.39, 0.29) is 17.7 Å². The number of anilines is 1. The van der Waals surface area contributed by atoms with Gasteiger partial charge in [0.05, 0.1) is 18.5 Å². The lowest BCUT2D eigenvalue weighted by Gasteiger charge is -2.09. The number of hydrogen-bond acceptors (Lipinski definition) is 5. The highest BCUT2D eigenvalue weighted by Crippen LogP contribution is 2.42. The molecule has 2 amide bonds. The molecule has 1 saturated carbocycles. The summed E-state index contributed by atoms with van der Waals surface area (Å²) in [4.78, 5) is 25.1. The highest BCUT2D eigenvalue weighted by atomic mass is 16.5. The maximum atomic E-state index is 12.6. The van der Waals surface area contributed by atoms with E-state index in [9.17, 15) is 14.7 Å². The Morgan fingerprint density at radius 2 is 1.91 bits per heavy atom. The van der Waals surface area contributed by atoms with Crippen molar-refractivity contribution in [3.63, 3.8) is 0 Å². The van der Waals surface area contributed by atoms with Crippen molar-refractivity contribution in [2.24, 2.45) is 0 Å². The SMILES string of the molecule is CCCCNC(=O)n1nc(-c2ccc(NC(=O)c3ccc(OC)cc3)cc2O)cc1C1CC1. The van der Waals surface area contributed by atoms with Crippen LogP contribution in [0.5, 0.6) is 11.5 Å². The molecule has 0 bridgehead atoms. The fourth-order valence-electron chi connectivity index (χ4n) is 3.58. The molecule has 0 aliphatic heterocycles. The van der Waals surface area contributed by atoms with E-state index in [0.29, 0.717) is 40.7 Å². The molecule has 33 heavy (non-hydrogen) atoms. The third-order valence-electron chi connectivity index (χ3n) is 5.62. The maximum Gasteiger partial charge on any atom is 0.342 e. The summed E-state index contributed by atoms with van der Waals surface area (Å²) in [5, 5.41) is 20.8. The van der Waals surface area contributed by atoms with Crippen LogP contribution in [-0.4, -0.2) is 40.5 Å². The molecule has 0 radical (unpaired) electrons. The minimum Gasteiger partial charge on any atom is -0.507 e. The number of carbonyl (C=O) groups is 2. The first-order chi connectivity index (χ1) is 16.0. The van der Waals surface area contributed by atoms with Crippen molar-refractivity contribution in [3.05, 3.63) is 59.8 Å². The number of phenols is 1. The fourth-order valence-corrected chi connectivity index (χ4v) is 3.58. The lowest BCUT2D eigenvalue weighted by Crippen LogP contribution is -2.31. The molecule has 4 rings (SSSR count). The van der Waals surface area contributed by atoms with Crippen molar-refractivity contribution in [3.8, 4) is 22.8 Å². The van der Waals surface area contributed by atoms with Gasteiger partial charge in [0.15, 0.2) is 0 Å². The number of benzene rings is 2. The van der Waals surface area contributed by atoms with Crippen molar-refractivity contribution < 1.29 is 19.4 Å². The van der Waals surface area contributed by atoms with Gasteiger partial charge in [-0.15, -0.1) is 0 Å². The third-order valence-corrected chi connectivity index (χ3v) is 5.62. The molecule has 172 valence electrons. The second kappa shape index (κ2) is 9.77. The van der Waals surface area contributed by atoms with E-state index in [4.69, 9.17) is 4.74 Å². The van der Waals surface area contributed by atoms with Crippen molar-refractivity contribution in [1.29, 1.82) is 0 Å². The van der Waals surface area contributed by atoms with E-state index in [1.165, 1.54) is 10.7 Å². The van der Waals surface area contributed by atoms with Gasteiger partial charge in [-0.1, -0.05) is 13.3 Å². The Hall–Kier alpha value is -3.81. The van der Waals surface area contributed by atoms with Gasteiger partial charge < -0.3 is 20.5 Å². The molecule has 0 saturated heterocycles. The summed E-state index contributed by atoms with van der Waals surface area (Å²) in [6, 6.07) is 13.2. The molecule has 1 heterocycles. The lowest BCUT2D eigenvalue weighted by molar-refractivity contribution is 0.102. The molecule has 1 aliphatic carbocycles. The highest BCUT2D eigenvalue weighted by molar-refractivity contribution is 6.04. The number of nitrogens with one attached hydrogen (secondary N) is 2. The fraction of sp³-hybridized carbons (Fsp3) is 0.320. The molecule has 0 atom stereocenters. The van der Waals surface area contributed by atoms with Crippen LogP contribution in [-0.2, 0) is 0 Å². The van der Waals surface area contributed by atoms with Crippen LogP contribution in [0.4, 0.5) is 10.5 Å². The summed E-state index contributed by atoms with van der Waals surface area (Å²) in [6.45, 7) is 2.67. The molecule has 0 spiro atoms. The minimum atomic E-state index is -0.297. The van der Waals surface area contributed by atoms with E-state index in [2.05, 4.69) is 22.7 Å². The zero-order valence-electron chi connectivity index (χ0n) is 18.8. The van der Waals surface area contributed by atoms with Crippen LogP contribution in [0.25, 0.3) is 11.3 Å². The van der Waals surface area contributed by atoms with E-state index in [1.54, 1.807) is 43.5 Å². The largest absolute Gasteiger partial charge is 0.507 e. The summed E-state index contributed by atoms with van der Waals surface area (Å²) in [5.74, 6) is 0.653. The molecule has 1 fully saturated rings. The van der Waals surface area contributed by atoms with Gasteiger partial charge in [-0.25, -0.2) is 4.79 Å². The Morgan fingerprint density at radius 1 is 1.15 bits per heavy atom. The van der Waals surface area contributed by atoms with Crippen molar-refractivity contribution in [2.45, 2.75) is 38.5 Å². The van der Waals surface area contributed by atoms with E-state index in [1.807, 2.05) is 6.07 Å². The first kappa shape index (κ1) is 22.4. The van der Waals surface area contributed by atoms with E-state index >= 15 is 0 Å². The number of aromatic nitrogens is 2. The van der Waals surface area contributed by atoms with Crippen molar-refractivity contribution in [2.75, 3.05) is 19.0 Å². The zero-order valence-corrected chi connectivity index (χ0v) is 18.8. The van der Waals surface area contributed by atoms with Gasteiger partial charge in [-0.3, -0.25) is 4.79 Å². The monoisotopic (exact) mass is 448 g/mol. The minimum absolute atomic E-state index is 0.0269. The number of unbranched alkanes of at least 4 members (excludes halogenated alkanes) is 1. The normalized spacial score (nSPS) is 12.9. The average Bonchev–Trinajstić information content (AvgIpc) is 3.57. The summed E-state index contributed by atoms with van der Waals surface area (Å²) >= 11 is 0. The Bertz CT molecular complexity index is 1150. The molecule has 3 aromatic rings. The summed E-state index contributed by atoms with van der Waals surface area (Å²) in [6.07, 6.45) is 3.95. The van der Waals surface area contributed by atoms with Gasteiger partial charge in [-0.05, 0) is 61.7 Å². The molecule has 1 aromatic heterocycles. The summed E-state index contributed by atoms with van der Waals surface area (Å²) in [7, 11) is 1.56. The van der Waals surface area contributed by atoms with Crippen LogP contribution in [0.15, 0.2) is 48.5 Å². The highest BCUT2D eigenvalue weighted by Gasteiger charge is 2.30. The van der Waals surface area contributed by atoms with Crippen LogP contribution < -0.4 is 15.4 Å². The topological polar surface area (TPSA) is 105 Å². The second-order valence-corrected chi connectivity index (χ2v) is 8.14. The predicted octanol–water partition coefficient (Wildman–Crippen LogP) is 4.75. The molecule has 2 aromatic carbocycles. The van der Waals surface area contributed by atoms with Gasteiger partial charge in [0, 0.05) is 35.3 Å². The summed E-state index contributed by atoms with van der Waals surface area (Å²) in [5.41, 5.74) is 2.81. The summed E-state index contributed by atoms with van der Waals surface area (Å²) < 4.78 is 6.53. The van der Waals surface area contributed by atoms with Crippen LogP contribution in [0.3, 0.4) is 0 Å². The van der Waals surface area contributed by atoms with Gasteiger partial charge >= 0.3 is 6.03 Å². The number of phenolic OH excluding ortho intramolecular Hbond substituents is 1. The number of ether oxygens (including phenoxy) is 1. The number of amides is 2. The Kier molecular flexibility index (Phi) is 6.63.